The Balaban J connectivity index is 1.75. The van der Waals surface area contributed by atoms with Crippen LogP contribution in [0.15, 0.2) is 35.0 Å². The van der Waals surface area contributed by atoms with Gasteiger partial charge in [0.25, 0.3) is 0 Å². The minimum absolute atomic E-state index is 0.00915. The zero-order valence-corrected chi connectivity index (χ0v) is 30.6. The summed E-state index contributed by atoms with van der Waals surface area (Å²) in [7, 11) is 1.42. The fourth-order valence-electron chi connectivity index (χ4n) is 7.81. The molecular formula is C37H52N4O10. The number of unbranched alkanes of at least 4 members (excludes halogenated alkanes) is 2. The predicted octanol–water partition coefficient (Wildman–Crippen LogP) is 4.82. The zero-order valence-electron chi connectivity index (χ0n) is 30.6. The lowest BCUT2D eigenvalue weighted by molar-refractivity contribution is -0.225. The van der Waals surface area contributed by atoms with Crippen molar-refractivity contribution in [3.63, 3.8) is 0 Å². The molecule has 14 heteroatoms. The molecule has 1 aromatic carbocycles. The number of aliphatic hydroxyl groups is 3. The third kappa shape index (κ3) is 7.92. The van der Waals surface area contributed by atoms with E-state index in [1.807, 2.05) is 0 Å². The van der Waals surface area contributed by atoms with E-state index in [0.717, 1.165) is 12.8 Å². The normalized spacial score (nSPS) is 26.4. The Bertz CT molecular complexity index is 1650. The molecule has 5 rings (SSSR count). The van der Waals surface area contributed by atoms with Crippen LogP contribution >= 0.6 is 0 Å². The number of ether oxygens (including phenoxy) is 3. The lowest BCUT2D eigenvalue weighted by atomic mass is 9.55. The highest BCUT2D eigenvalue weighted by Gasteiger charge is 2.64. The van der Waals surface area contributed by atoms with Crippen molar-refractivity contribution in [1.29, 1.82) is 0 Å². The number of carbonyl (C=O) groups is 2. The first-order valence-corrected chi connectivity index (χ1v) is 17.7. The highest BCUT2D eigenvalue weighted by atomic mass is 16.6. The summed E-state index contributed by atoms with van der Waals surface area (Å²) in [6.07, 6.45) is 6.21. The van der Waals surface area contributed by atoms with E-state index >= 15 is 0 Å². The van der Waals surface area contributed by atoms with Gasteiger partial charge in [-0.15, -0.1) is 5.10 Å². The summed E-state index contributed by atoms with van der Waals surface area (Å²) in [5.74, 6) is -4.79. The second kappa shape index (κ2) is 14.9. The monoisotopic (exact) mass is 712 g/mol. The standard InChI is InChI=1S/C37H52N4O10/c1-35(2,3)50-33(45)31-32(34(46)51-36(4,5)6)41(40-38-31)28-20-26(39-48-7)24-18-21(12-8-10-16-42)23(13-9-11-17-43)29-25-19-22(44)14-15-27(25)49-37(28,47)30(24)29/h14-15,18-19,21,23,28-30,42-44,47H,8-13,16-17,20H2,1-7H3/t21-,23+,28-,29+,30+,37+/m0/s1. The van der Waals surface area contributed by atoms with Crippen LogP contribution in [0.1, 0.15) is 125 Å². The Morgan fingerprint density at radius 3 is 2.27 bits per heavy atom. The second-order valence-corrected chi connectivity index (χ2v) is 15.6. The number of aromatic hydroxyl groups is 1. The number of hydrogen-bond acceptors (Lipinski definition) is 13. The Morgan fingerprint density at radius 1 is 1.00 bits per heavy atom. The molecule has 6 atom stereocenters. The molecule has 0 amide bonds. The van der Waals surface area contributed by atoms with Gasteiger partial charge >= 0.3 is 11.9 Å². The molecule has 0 unspecified atom stereocenters. The van der Waals surface area contributed by atoms with Crippen LogP contribution in [0.4, 0.5) is 0 Å². The summed E-state index contributed by atoms with van der Waals surface area (Å²) < 4.78 is 19.1. The molecule has 3 aliphatic rings. The Hall–Kier alpha value is -4.01. The summed E-state index contributed by atoms with van der Waals surface area (Å²) in [4.78, 5) is 32.8. The lowest BCUT2D eigenvalue weighted by Gasteiger charge is -2.56. The summed E-state index contributed by atoms with van der Waals surface area (Å²) in [5.41, 5.74) is -0.661. The average Bonchev–Trinajstić information content (AvgIpc) is 3.47. The van der Waals surface area contributed by atoms with Gasteiger partial charge in [-0.2, -0.15) is 0 Å². The first kappa shape index (κ1) is 38.2. The third-order valence-electron chi connectivity index (χ3n) is 9.63. The van der Waals surface area contributed by atoms with Crippen LogP contribution < -0.4 is 4.74 Å². The predicted molar refractivity (Wildman–Crippen MR) is 185 cm³/mol. The second-order valence-electron chi connectivity index (χ2n) is 15.6. The zero-order chi connectivity index (χ0) is 37.3. The van der Waals surface area contributed by atoms with Crippen LogP contribution in [0, 0.1) is 17.8 Å². The Morgan fingerprint density at radius 2 is 1.65 bits per heavy atom. The van der Waals surface area contributed by atoms with E-state index in [9.17, 15) is 30.0 Å². The summed E-state index contributed by atoms with van der Waals surface area (Å²) in [6, 6.07) is 3.58. The van der Waals surface area contributed by atoms with Gasteiger partial charge in [-0.1, -0.05) is 29.3 Å². The minimum atomic E-state index is -2.08. The number of rotatable bonds is 12. The van der Waals surface area contributed by atoms with Gasteiger partial charge in [0.15, 0.2) is 5.69 Å². The summed E-state index contributed by atoms with van der Waals surface area (Å²) in [5, 5.41) is 56.0. The number of phenolic OH excluding ortho intramolecular Hbond substituents is 1. The van der Waals surface area contributed by atoms with Gasteiger partial charge in [-0.25, -0.2) is 14.3 Å². The van der Waals surface area contributed by atoms with Crippen LogP contribution in [-0.2, 0) is 14.3 Å². The molecule has 1 aliphatic heterocycles. The number of phenols is 1. The number of aromatic nitrogens is 3. The van der Waals surface area contributed by atoms with Gasteiger partial charge in [-0.3, -0.25) is 0 Å². The SMILES string of the molecule is CON=C1C[C@H](n2nnc(C(=O)OC(C)(C)C)c2C(=O)OC(C)(C)C)[C@@]2(O)Oc3ccc(O)cc3[C@H]3[C@H](CCCCO)[C@@H](CCCCO)C=C1[C@H]32. The van der Waals surface area contributed by atoms with E-state index < -0.39 is 46.8 Å². The molecular weight excluding hydrogens is 660 g/mol. The molecule has 2 aliphatic carbocycles. The first-order chi connectivity index (χ1) is 24.0. The van der Waals surface area contributed by atoms with Gasteiger partial charge in [0.05, 0.1) is 11.6 Å². The Kier molecular flexibility index (Phi) is 11.2. The van der Waals surface area contributed by atoms with E-state index in [1.54, 1.807) is 53.7 Å². The molecule has 0 saturated heterocycles. The minimum Gasteiger partial charge on any atom is -0.508 e. The van der Waals surface area contributed by atoms with Gasteiger partial charge in [-0.05, 0) is 103 Å². The smallest absolute Gasteiger partial charge is 0.362 e. The van der Waals surface area contributed by atoms with Crippen LogP contribution in [0.2, 0.25) is 0 Å². The van der Waals surface area contributed by atoms with Crippen LogP contribution in [0.5, 0.6) is 11.5 Å². The van der Waals surface area contributed by atoms with Crippen molar-refractivity contribution in [2.75, 3.05) is 20.3 Å². The molecule has 51 heavy (non-hydrogen) atoms. The summed E-state index contributed by atoms with van der Waals surface area (Å²) in [6.45, 7) is 10.2. The van der Waals surface area contributed by atoms with Crippen molar-refractivity contribution in [3.05, 3.63) is 46.8 Å². The number of carbonyl (C=O) groups excluding carboxylic acids is 2. The van der Waals surface area contributed by atoms with Crippen molar-refractivity contribution in [1.82, 2.24) is 15.0 Å². The van der Waals surface area contributed by atoms with Crippen molar-refractivity contribution >= 4 is 17.7 Å². The molecule has 1 saturated carbocycles. The summed E-state index contributed by atoms with van der Waals surface area (Å²) >= 11 is 0. The molecule has 2 aromatic rings. The molecule has 2 heterocycles. The quantitative estimate of drug-likeness (QED) is 0.133. The molecule has 4 N–H and O–H groups in total. The van der Waals surface area contributed by atoms with Crippen molar-refractivity contribution in [2.24, 2.45) is 22.9 Å². The van der Waals surface area contributed by atoms with Crippen molar-refractivity contribution in [3.8, 4) is 11.5 Å². The van der Waals surface area contributed by atoms with Crippen LogP contribution in [0.25, 0.3) is 0 Å². The first-order valence-electron chi connectivity index (χ1n) is 17.7. The van der Waals surface area contributed by atoms with E-state index in [4.69, 9.17) is 19.0 Å². The third-order valence-corrected chi connectivity index (χ3v) is 9.63. The van der Waals surface area contributed by atoms with E-state index in [1.165, 1.54) is 17.9 Å². The largest absolute Gasteiger partial charge is 0.508 e. The highest BCUT2D eigenvalue weighted by Crippen LogP contribution is 2.62. The van der Waals surface area contributed by atoms with Gasteiger partial charge in [0.2, 0.25) is 11.5 Å². The van der Waals surface area contributed by atoms with Crippen molar-refractivity contribution in [2.45, 2.75) is 115 Å². The van der Waals surface area contributed by atoms with Crippen molar-refractivity contribution < 1.29 is 49.1 Å². The number of fused-ring (bicyclic) bond motifs is 2. The topological polar surface area (TPSA) is 195 Å². The number of allylic oxidation sites excluding steroid dienone is 1. The van der Waals surface area contributed by atoms with E-state index in [0.29, 0.717) is 48.3 Å². The fourth-order valence-corrected chi connectivity index (χ4v) is 7.81. The van der Waals surface area contributed by atoms with Gasteiger partial charge in [0.1, 0.15) is 35.9 Å². The maximum Gasteiger partial charge on any atom is 0.362 e. The molecule has 14 nitrogen and oxygen atoms in total. The Labute approximate surface area is 298 Å². The number of hydrogen-bond donors (Lipinski definition) is 4. The molecule has 1 aromatic heterocycles. The lowest BCUT2D eigenvalue weighted by Crippen LogP contribution is -2.62. The van der Waals surface area contributed by atoms with Gasteiger partial charge < -0.3 is 39.5 Å². The van der Waals surface area contributed by atoms with E-state index in [2.05, 4.69) is 21.5 Å². The van der Waals surface area contributed by atoms with Gasteiger partial charge in [0, 0.05) is 31.1 Å². The highest BCUT2D eigenvalue weighted by molar-refractivity contribution is 6.03. The molecule has 0 spiro atoms. The number of aliphatic hydroxyl groups excluding tert-OH is 2. The molecule has 0 bridgehead atoms. The van der Waals surface area contributed by atoms with E-state index in [-0.39, 0.29) is 48.6 Å². The van der Waals surface area contributed by atoms with Crippen LogP contribution in [0.3, 0.4) is 0 Å². The maximum atomic E-state index is 14.0. The maximum absolute atomic E-state index is 14.0. The van der Waals surface area contributed by atoms with Crippen LogP contribution in [-0.4, -0.2) is 90.4 Å². The number of oxime groups is 1. The average molecular weight is 713 g/mol. The number of nitrogens with zero attached hydrogens (tertiary/aromatic N) is 4. The molecule has 0 radical (unpaired) electrons. The molecule has 280 valence electrons. The number of benzene rings is 1. The number of esters is 2. The fraction of sp³-hybridized carbons (Fsp3) is 0.649. The molecule has 1 fully saturated rings.